The molecule has 1 fully saturated rings. The van der Waals surface area contributed by atoms with Crippen molar-refractivity contribution in [3.05, 3.63) is 59.5 Å². The Morgan fingerprint density at radius 3 is 2.45 bits per heavy atom. The molecule has 1 saturated heterocycles. The highest BCUT2D eigenvalue weighted by Crippen LogP contribution is 2.38. The van der Waals surface area contributed by atoms with Gasteiger partial charge in [-0.05, 0) is 74.4 Å². The van der Waals surface area contributed by atoms with Crippen LogP contribution in [0.4, 0.5) is 18.9 Å². The fraction of sp³-hybridized carbons (Fsp3) is 0.483. The van der Waals surface area contributed by atoms with E-state index in [2.05, 4.69) is 14.8 Å². The molecule has 1 aromatic heterocycles. The van der Waals surface area contributed by atoms with Crippen molar-refractivity contribution in [1.29, 1.82) is 0 Å². The second-order valence-corrected chi connectivity index (χ2v) is 11.4. The van der Waals surface area contributed by atoms with Gasteiger partial charge < -0.3 is 19.6 Å². The molecular weight excluding hydrogens is 511 g/mol. The fourth-order valence-corrected chi connectivity index (χ4v) is 6.26. The number of hydrogen-bond acceptors (Lipinski definition) is 6. The predicted molar refractivity (Wildman–Crippen MR) is 148 cm³/mol. The molecule has 1 aliphatic heterocycles. The molecule has 9 heteroatoms. The van der Waals surface area contributed by atoms with Crippen molar-refractivity contribution in [2.45, 2.75) is 37.0 Å². The summed E-state index contributed by atoms with van der Waals surface area (Å²) in [5, 5.41) is 11.4. The van der Waals surface area contributed by atoms with E-state index in [9.17, 15) is 18.3 Å². The molecule has 206 valence electrons. The van der Waals surface area contributed by atoms with Crippen molar-refractivity contribution in [1.82, 2.24) is 9.88 Å². The van der Waals surface area contributed by atoms with Crippen molar-refractivity contribution >= 4 is 28.4 Å². The Kier molecular flexibility index (Phi) is 9.44. The van der Waals surface area contributed by atoms with Gasteiger partial charge in [-0.1, -0.05) is 0 Å². The first kappa shape index (κ1) is 28.5. The number of aliphatic hydroxyl groups is 1. The second-order valence-electron chi connectivity index (χ2n) is 10.3. The van der Waals surface area contributed by atoms with Crippen molar-refractivity contribution in [3.63, 3.8) is 0 Å². The Morgan fingerprint density at radius 2 is 1.82 bits per heavy atom. The van der Waals surface area contributed by atoms with E-state index in [-0.39, 0.29) is 16.9 Å². The minimum atomic E-state index is -0.907. The molecule has 1 aliphatic rings. The van der Waals surface area contributed by atoms with Crippen LogP contribution in [0.5, 0.6) is 5.75 Å². The summed E-state index contributed by atoms with van der Waals surface area (Å²) in [4.78, 5) is 8.85. The van der Waals surface area contributed by atoms with Gasteiger partial charge in [-0.2, -0.15) is 0 Å². The molecule has 0 spiro atoms. The van der Waals surface area contributed by atoms with E-state index < -0.39 is 17.5 Å². The molecule has 38 heavy (non-hydrogen) atoms. The van der Waals surface area contributed by atoms with Crippen molar-refractivity contribution in [2.75, 3.05) is 58.1 Å². The third-order valence-electron chi connectivity index (χ3n) is 7.65. The van der Waals surface area contributed by atoms with Crippen molar-refractivity contribution < 1.29 is 23.0 Å². The van der Waals surface area contributed by atoms with Gasteiger partial charge in [0.2, 0.25) is 0 Å². The highest BCUT2D eigenvalue weighted by molar-refractivity contribution is 7.99. The number of fused-ring (bicyclic) bond motifs is 1. The lowest BCUT2D eigenvalue weighted by Gasteiger charge is -2.41. The van der Waals surface area contributed by atoms with Gasteiger partial charge in [0, 0.05) is 50.5 Å². The smallest absolute Gasteiger partial charge is 0.142 e. The number of pyridine rings is 1. The molecule has 2 heterocycles. The maximum absolute atomic E-state index is 13.9. The quantitative estimate of drug-likeness (QED) is 0.301. The van der Waals surface area contributed by atoms with E-state index in [1.54, 1.807) is 7.11 Å². The Labute approximate surface area is 227 Å². The topological polar surface area (TPSA) is 48.8 Å². The van der Waals surface area contributed by atoms with Gasteiger partial charge in [0.25, 0.3) is 0 Å². The van der Waals surface area contributed by atoms with Crippen molar-refractivity contribution in [2.24, 2.45) is 5.41 Å². The number of anilines is 1. The number of benzene rings is 2. The average molecular weight is 548 g/mol. The number of aryl methyl sites for hydroxylation is 1. The first-order valence-corrected chi connectivity index (χ1v) is 14.0. The van der Waals surface area contributed by atoms with E-state index in [0.29, 0.717) is 24.4 Å². The number of hydrogen-bond donors (Lipinski definition) is 1. The highest BCUT2D eigenvalue weighted by atomic mass is 32.2. The number of piperidine rings is 1. The van der Waals surface area contributed by atoms with Crippen LogP contribution in [0.2, 0.25) is 0 Å². The molecule has 2 aromatic carbocycles. The van der Waals surface area contributed by atoms with Crippen molar-refractivity contribution in [3.8, 4) is 5.75 Å². The second kappa shape index (κ2) is 12.6. The zero-order valence-corrected chi connectivity index (χ0v) is 23.1. The summed E-state index contributed by atoms with van der Waals surface area (Å²) >= 11 is 1.07. The SMILES string of the molecule is COc1ccc2ncc(N(C)C)c(CCCC3(CO)CCN(CCSc4c(F)cc(F)cc4F)CC3)c2c1. The molecule has 0 amide bonds. The van der Waals surface area contributed by atoms with E-state index >= 15 is 0 Å². The third kappa shape index (κ3) is 6.55. The first-order valence-electron chi connectivity index (χ1n) is 13.0. The van der Waals surface area contributed by atoms with Crippen LogP contribution in [-0.2, 0) is 6.42 Å². The molecule has 1 N–H and O–H groups in total. The Morgan fingerprint density at radius 1 is 1.11 bits per heavy atom. The summed E-state index contributed by atoms with van der Waals surface area (Å²) in [6.07, 6.45) is 6.40. The van der Waals surface area contributed by atoms with Gasteiger partial charge in [-0.25, -0.2) is 13.2 Å². The van der Waals surface area contributed by atoms with Gasteiger partial charge in [-0.3, -0.25) is 4.98 Å². The molecule has 0 aliphatic carbocycles. The van der Waals surface area contributed by atoms with Crippen LogP contribution < -0.4 is 9.64 Å². The summed E-state index contributed by atoms with van der Waals surface area (Å²) in [5.41, 5.74) is 3.14. The molecule has 0 radical (unpaired) electrons. The van der Waals surface area contributed by atoms with Crippen LogP contribution in [0.25, 0.3) is 10.9 Å². The third-order valence-corrected chi connectivity index (χ3v) is 8.71. The molecule has 5 nitrogen and oxygen atoms in total. The molecule has 4 rings (SSSR count). The van der Waals surface area contributed by atoms with E-state index in [1.165, 1.54) is 5.56 Å². The summed E-state index contributed by atoms with van der Waals surface area (Å²) in [6, 6.07) is 7.39. The monoisotopic (exact) mass is 547 g/mol. The van der Waals surface area contributed by atoms with Crippen LogP contribution in [0.3, 0.4) is 0 Å². The molecular formula is C29H36F3N3O2S. The Hall–Kier alpha value is -2.49. The summed E-state index contributed by atoms with van der Waals surface area (Å²) in [6.45, 7) is 2.48. The number of aliphatic hydroxyl groups excluding tert-OH is 1. The standard InChI is InChI=1S/C29H36F3N3O2S/c1-34(2)27-18-33-26-7-6-21(37-3)17-23(26)22(27)5-4-8-29(19-36)9-11-35(12-10-29)13-14-38-28-24(31)15-20(30)16-25(28)32/h6-7,15-18,36H,4-5,8-14,19H2,1-3H3. The van der Waals surface area contributed by atoms with Crippen LogP contribution in [-0.4, -0.2) is 68.2 Å². The number of nitrogens with zero attached hydrogens (tertiary/aromatic N) is 3. The van der Waals surface area contributed by atoms with E-state index in [1.807, 2.05) is 38.5 Å². The van der Waals surface area contributed by atoms with Crippen LogP contribution >= 0.6 is 11.8 Å². The lowest BCUT2D eigenvalue weighted by Crippen LogP contribution is -2.42. The van der Waals surface area contributed by atoms with E-state index in [4.69, 9.17) is 4.74 Å². The number of halogens is 3. The normalized spacial score (nSPS) is 15.7. The molecule has 3 aromatic rings. The number of ether oxygens (including phenoxy) is 1. The lowest BCUT2D eigenvalue weighted by atomic mass is 9.75. The minimum Gasteiger partial charge on any atom is -0.497 e. The van der Waals surface area contributed by atoms with Gasteiger partial charge in [0.15, 0.2) is 0 Å². The van der Waals surface area contributed by atoms with Gasteiger partial charge >= 0.3 is 0 Å². The zero-order valence-electron chi connectivity index (χ0n) is 22.3. The van der Waals surface area contributed by atoms with Crippen LogP contribution in [0, 0.1) is 22.9 Å². The Balaban J connectivity index is 1.34. The largest absolute Gasteiger partial charge is 0.497 e. The minimum absolute atomic E-state index is 0.127. The highest BCUT2D eigenvalue weighted by Gasteiger charge is 2.33. The summed E-state index contributed by atoms with van der Waals surface area (Å²) in [7, 11) is 5.71. The summed E-state index contributed by atoms with van der Waals surface area (Å²) in [5.74, 6) is -1.31. The number of likely N-dealkylation sites (tertiary alicyclic amines) is 1. The number of thioether (sulfide) groups is 1. The molecule has 0 bridgehead atoms. The van der Waals surface area contributed by atoms with E-state index in [0.717, 1.165) is 79.3 Å². The molecule has 0 saturated carbocycles. The number of rotatable bonds is 11. The van der Waals surface area contributed by atoms with Crippen LogP contribution in [0.1, 0.15) is 31.2 Å². The first-order chi connectivity index (χ1) is 18.2. The van der Waals surface area contributed by atoms with Gasteiger partial charge in [0.05, 0.1) is 29.4 Å². The zero-order chi connectivity index (χ0) is 27.3. The number of aromatic nitrogens is 1. The van der Waals surface area contributed by atoms with Crippen LogP contribution in [0.15, 0.2) is 41.4 Å². The lowest BCUT2D eigenvalue weighted by molar-refractivity contribution is 0.0378. The number of methoxy groups -OCH3 is 1. The summed E-state index contributed by atoms with van der Waals surface area (Å²) < 4.78 is 46.4. The molecule has 0 atom stereocenters. The van der Waals surface area contributed by atoms with Gasteiger partial charge in [-0.15, -0.1) is 11.8 Å². The Bertz CT molecular complexity index is 1230. The fourth-order valence-electron chi connectivity index (χ4n) is 5.31. The average Bonchev–Trinajstić information content (AvgIpc) is 2.90. The maximum atomic E-state index is 13.9. The maximum Gasteiger partial charge on any atom is 0.142 e. The molecule has 0 unspecified atom stereocenters. The van der Waals surface area contributed by atoms with Gasteiger partial charge in [0.1, 0.15) is 23.2 Å². The predicted octanol–water partition coefficient (Wildman–Crippen LogP) is 5.92.